The third-order valence-electron chi connectivity index (χ3n) is 3.96. The van der Waals surface area contributed by atoms with Crippen LogP contribution in [-0.2, 0) is 0 Å². The van der Waals surface area contributed by atoms with Crippen LogP contribution < -0.4 is 10.6 Å². The number of rotatable bonds is 2. The molecule has 2 atom stereocenters. The number of carbonyl (C=O) groups excluding carboxylic acids is 1. The number of piperidine rings is 1. The van der Waals surface area contributed by atoms with E-state index in [1.165, 1.54) is 0 Å². The first-order valence-corrected chi connectivity index (χ1v) is 6.97. The Morgan fingerprint density at radius 3 is 2.91 bits per heavy atom. The van der Waals surface area contributed by atoms with Gasteiger partial charge in [-0.2, -0.15) is 5.10 Å². The smallest absolute Gasteiger partial charge is 0.253 e. The van der Waals surface area contributed by atoms with E-state index in [0.29, 0.717) is 17.1 Å². The number of aromatic amines is 1. The van der Waals surface area contributed by atoms with E-state index in [9.17, 15) is 4.79 Å². The molecule has 0 aliphatic carbocycles. The summed E-state index contributed by atoms with van der Waals surface area (Å²) < 4.78 is 0. The molecule has 1 saturated heterocycles. The van der Waals surface area contributed by atoms with E-state index >= 15 is 0 Å². The van der Waals surface area contributed by atoms with Crippen LogP contribution in [0, 0.1) is 12.8 Å². The van der Waals surface area contributed by atoms with Crippen LogP contribution in [-0.4, -0.2) is 40.2 Å². The summed E-state index contributed by atoms with van der Waals surface area (Å²) in [5.41, 5.74) is 2.17. The second-order valence-electron chi connectivity index (χ2n) is 5.49. The lowest BCUT2D eigenvalue weighted by molar-refractivity contribution is 0.0914. The molecule has 3 heterocycles. The molecule has 2 aromatic heterocycles. The molecule has 0 spiro atoms. The van der Waals surface area contributed by atoms with Crippen LogP contribution in [0.15, 0.2) is 12.3 Å². The van der Waals surface area contributed by atoms with Crippen LogP contribution in [0.4, 0.5) is 0 Å². The molecular formula is C14H21Cl2N5O. The third-order valence-corrected chi connectivity index (χ3v) is 3.96. The highest BCUT2D eigenvalue weighted by atomic mass is 35.5. The number of halogens is 2. The van der Waals surface area contributed by atoms with Gasteiger partial charge in [0.2, 0.25) is 0 Å². The monoisotopic (exact) mass is 345 g/mol. The Balaban J connectivity index is 0.00000121. The minimum Gasteiger partial charge on any atom is -0.349 e. The first kappa shape index (κ1) is 18.7. The molecule has 0 radical (unpaired) electrons. The highest BCUT2D eigenvalue weighted by Crippen LogP contribution is 2.16. The predicted octanol–water partition coefficient (Wildman–Crippen LogP) is 1.84. The van der Waals surface area contributed by atoms with Crippen molar-refractivity contribution in [1.82, 2.24) is 25.8 Å². The van der Waals surface area contributed by atoms with Crippen molar-refractivity contribution in [1.29, 1.82) is 0 Å². The number of amides is 1. The molecule has 3 rings (SSSR count). The maximum atomic E-state index is 12.3. The fraction of sp³-hybridized carbons (Fsp3) is 0.500. The van der Waals surface area contributed by atoms with Crippen LogP contribution in [0.2, 0.25) is 0 Å². The van der Waals surface area contributed by atoms with Crippen molar-refractivity contribution in [2.24, 2.45) is 5.92 Å². The van der Waals surface area contributed by atoms with Gasteiger partial charge in [0.15, 0.2) is 5.65 Å². The molecule has 0 bridgehead atoms. The largest absolute Gasteiger partial charge is 0.349 e. The summed E-state index contributed by atoms with van der Waals surface area (Å²) in [6.07, 6.45) is 2.55. The normalized spacial score (nSPS) is 20.8. The molecule has 22 heavy (non-hydrogen) atoms. The topological polar surface area (TPSA) is 82.7 Å². The van der Waals surface area contributed by atoms with Crippen LogP contribution in [0.5, 0.6) is 0 Å². The number of aromatic nitrogens is 3. The molecular weight excluding hydrogens is 325 g/mol. The van der Waals surface area contributed by atoms with Crippen LogP contribution >= 0.6 is 24.8 Å². The van der Waals surface area contributed by atoms with Gasteiger partial charge in [0.1, 0.15) is 0 Å². The van der Waals surface area contributed by atoms with Crippen molar-refractivity contribution >= 4 is 41.8 Å². The number of H-pyrrole nitrogens is 1. The van der Waals surface area contributed by atoms with Gasteiger partial charge in [0.05, 0.1) is 5.56 Å². The molecule has 0 aromatic carbocycles. The van der Waals surface area contributed by atoms with Crippen molar-refractivity contribution in [2.45, 2.75) is 26.3 Å². The predicted molar refractivity (Wildman–Crippen MR) is 91.0 cm³/mol. The summed E-state index contributed by atoms with van der Waals surface area (Å²) in [5, 5.41) is 14.3. The number of nitrogens with one attached hydrogen (secondary N) is 3. The molecule has 0 saturated carbocycles. The molecule has 1 amide bonds. The molecule has 2 aromatic rings. The number of carbonyl (C=O) groups is 1. The van der Waals surface area contributed by atoms with Gasteiger partial charge in [-0.3, -0.25) is 9.89 Å². The molecule has 2 unspecified atom stereocenters. The van der Waals surface area contributed by atoms with Crippen LogP contribution in [0.25, 0.3) is 11.0 Å². The lowest BCUT2D eigenvalue weighted by Gasteiger charge is -2.30. The Morgan fingerprint density at radius 2 is 2.18 bits per heavy atom. The molecule has 6 nitrogen and oxygen atoms in total. The van der Waals surface area contributed by atoms with E-state index in [1.54, 1.807) is 6.20 Å². The van der Waals surface area contributed by atoms with Gasteiger partial charge < -0.3 is 10.6 Å². The average molecular weight is 346 g/mol. The quantitative estimate of drug-likeness (QED) is 0.775. The standard InChI is InChI=1S/C14H19N5O.2ClH/c1-8-6-15-4-3-12(8)17-14(20)10-5-11-9(2)18-19-13(11)16-7-10;;/h5,7-8,12,15H,3-4,6H2,1-2H3,(H,17,20)(H,16,18,19);2*1H. The second kappa shape index (κ2) is 7.76. The first-order valence-electron chi connectivity index (χ1n) is 6.97. The Hall–Kier alpha value is -1.37. The number of hydrogen-bond donors (Lipinski definition) is 3. The summed E-state index contributed by atoms with van der Waals surface area (Å²) in [7, 11) is 0. The van der Waals surface area contributed by atoms with Crippen molar-refractivity contribution in [3.63, 3.8) is 0 Å². The van der Waals surface area contributed by atoms with Gasteiger partial charge in [0.25, 0.3) is 5.91 Å². The van der Waals surface area contributed by atoms with Gasteiger partial charge in [-0.15, -0.1) is 24.8 Å². The highest BCUT2D eigenvalue weighted by Gasteiger charge is 2.23. The number of nitrogens with zero attached hydrogens (tertiary/aromatic N) is 2. The number of pyridine rings is 1. The van der Waals surface area contributed by atoms with E-state index in [-0.39, 0.29) is 36.8 Å². The Morgan fingerprint density at radius 1 is 1.41 bits per heavy atom. The van der Waals surface area contributed by atoms with Gasteiger partial charge >= 0.3 is 0 Å². The summed E-state index contributed by atoms with van der Waals surface area (Å²) in [4.78, 5) is 16.6. The third kappa shape index (κ3) is 3.69. The first-order chi connectivity index (χ1) is 9.65. The Kier molecular flexibility index (Phi) is 6.59. The molecule has 1 aliphatic heterocycles. The van der Waals surface area contributed by atoms with Crippen molar-refractivity contribution < 1.29 is 4.79 Å². The van der Waals surface area contributed by atoms with Crippen molar-refractivity contribution in [3.05, 3.63) is 23.5 Å². The van der Waals surface area contributed by atoms with Crippen LogP contribution in [0.3, 0.4) is 0 Å². The fourth-order valence-electron chi connectivity index (χ4n) is 2.62. The minimum atomic E-state index is -0.0567. The maximum Gasteiger partial charge on any atom is 0.253 e. The molecule has 1 fully saturated rings. The summed E-state index contributed by atoms with van der Waals surface area (Å²) in [6, 6.07) is 2.08. The van der Waals surface area contributed by atoms with Crippen molar-refractivity contribution in [3.8, 4) is 0 Å². The zero-order valence-corrected chi connectivity index (χ0v) is 14.2. The number of hydrogen-bond acceptors (Lipinski definition) is 4. The number of fused-ring (bicyclic) bond motifs is 1. The summed E-state index contributed by atoms with van der Waals surface area (Å²) in [6.45, 7) is 5.98. The lowest BCUT2D eigenvalue weighted by atomic mass is 9.95. The van der Waals surface area contributed by atoms with Gasteiger partial charge in [-0.25, -0.2) is 4.98 Å². The van der Waals surface area contributed by atoms with E-state index in [4.69, 9.17) is 0 Å². The van der Waals surface area contributed by atoms with Gasteiger partial charge in [-0.1, -0.05) is 6.92 Å². The summed E-state index contributed by atoms with van der Waals surface area (Å²) in [5.74, 6) is 0.388. The number of aryl methyl sites for hydroxylation is 1. The zero-order chi connectivity index (χ0) is 14.1. The highest BCUT2D eigenvalue weighted by molar-refractivity contribution is 5.97. The second-order valence-corrected chi connectivity index (χ2v) is 5.49. The zero-order valence-electron chi connectivity index (χ0n) is 12.5. The molecule has 8 heteroatoms. The van der Waals surface area contributed by atoms with E-state index in [1.807, 2.05) is 13.0 Å². The van der Waals surface area contributed by atoms with Crippen LogP contribution in [0.1, 0.15) is 29.4 Å². The lowest BCUT2D eigenvalue weighted by Crippen LogP contribution is -2.48. The Bertz CT molecular complexity index is 645. The molecule has 1 aliphatic rings. The maximum absolute atomic E-state index is 12.3. The van der Waals surface area contributed by atoms with Crippen molar-refractivity contribution in [2.75, 3.05) is 13.1 Å². The van der Waals surface area contributed by atoms with Gasteiger partial charge in [0, 0.05) is 23.3 Å². The SMILES string of the molecule is Cc1[nH]nc2ncc(C(=O)NC3CCNCC3C)cc12.Cl.Cl. The molecule has 3 N–H and O–H groups in total. The summed E-state index contributed by atoms with van der Waals surface area (Å²) >= 11 is 0. The van der Waals surface area contributed by atoms with E-state index in [0.717, 1.165) is 30.6 Å². The molecule has 122 valence electrons. The van der Waals surface area contributed by atoms with Gasteiger partial charge in [-0.05, 0) is 38.4 Å². The van der Waals surface area contributed by atoms with E-state index in [2.05, 4.69) is 32.7 Å². The Labute approximate surface area is 141 Å². The fourth-order valence-corrected chi connectivity index (χ4v) is 2.62. The minimum absolute atomic E-state index is 0. The van der Waals surface area contributed by atoms with E-state index < -0.39 is 0 Å². The average Bonchev–Trinajstić information content (AvgIpc) is 2.82.